The lowest BCUT2D eigenvalue weighted by molar-refractivity contribution is 0.128. The average Bonchev–Trinajstić information content (AvgIpc) is 3.15. The van der Waals surface area contributed by atoms with Crippen LogP contribution in [0.3, 0.4) is 0 Å². The standard InChI is InChI=1S/C15H26N4O/c1-4-7-11-8-12(11)17-14-9-13(16-5-2)18-15(19-14)10-20-6-3/h9,11-12H,4-8,10H2,1-3H3,(H2,16,17,18,19). The highest BCUT2D eigenvalue weighted by atomic mass is 16.5. The summed E-state index contributed by atoms with van der Waals surface area (Å²) < 4.78 is 5.41. The molecular formula is C15H26N4O. The smallest absolute Gasteiger partial charge is 0.158 e. The van der Waals surface area contributed by atoms with E-state index >= 15 is 0 Å². The molecule has 1 aliphatic carbocycles. The topological polar surface area (TPSA) is 59.1 Å². The summed E-state index contributed by atoms with van der Waals surface area (Å²) in [6, 6.07) is 2.57. The molecule has 2 N–H and O–H groups in total. The van der Waals surface area contributed by atoms with Gasteiger partial charge in [-0.25, -0.2) is 9.97 Å². The fourth-order valence-corrected chi connectivity index (χ4v) is 2.40. The highest BCUT2D eigenvalue weighted by Gasteiger charge is 2.36. The van der Waals surface area contributed by atoms with Gasteiger partial charge in [-0.2, -0.15) is 0 Å². The number of aromatic nitrogens is 2. The summed E-state index contributed by atoms with van der Waals surface area (Å²) in [5.41, 5.74) is 0. The van der Waals surface area contributed by atoms with E-state index in [0.29, 0.717) is 19.3 Å². The number of nitrogens with one attached hydrogen (secondary N) is 2. The van der Waals surface area contributed by atoms with Crippen LogP contribution in [0.25, 0.3) is 0 Å². The summed E-state index contributed by atoms with van der Waals surface area (Å²) in [5.74, 6) is 3.33. The Labute approximate surface area is 121 Å². The zero-order chi connectivity index (χ0) is 14.4. The van der Waals surface area contributed by atoms with Crippen molar-refractivity contribution < 1.29 is 4.74 Å². The average molecular weight is 278 g/mol. The van der Waals surface area contributed by atoms with E-state index in [1.54, 1.807) is 0 Å². The van der Waals surface area contributed by atoms with E-state index in [-0.39, 0.29) is 0 Å². The number of anilines is 2. The normalized spacial score (nSPS) is 20.8. The Morgan fingerprint density at radius 2 is 2.05 bits per heavy atom. The van der Waals surface area contributed by atoms with Crippen molar-refractivity contribution in [3.05, 3.63) is 11.9 Å². The number of nitrogens with zero attached hydrogens (tertiary/aromatic N) is 2. The molecule has 2 atom stereocenters. The van der Waals surface area contributed by atoms with Gasteiger partial charge in [-0.05, 0) is 32.6 Å². The Morgan fingerprint density at radius 1 is 1.25 bits per heavy atom. The third kappa shape index (κ3) is 4.34. The zero-order valence-electron chi connectivity index (χ0n) is 12.8. The van der Waals surface area contributed by atoms with Gasteiger partial charge in [0.15, 0.2) is 5.82 Å². The Kier molecular flexibility index (Phi) is 5.59. The van der Waals surface area contributed by atoms with Crippen LogP contribution in [-0.2, 0) is 11.3 Å². The Hall–Kier alpha value is -1.36. The molecule has 2 unspecified atom stereocenters. The van der Waals surface area contributed by atoms with Gasteiger partial charge < -0.3 is 15.4 Å². The molecule has 0 spiro atoms. The molecule has 1 saturated carbocycles. The molecule has 112 valence electrons. The molecule has 1 aromatic rings. The van der Waals surface area contributed by atoms with Crippen LogP contribution in [0.2, 0.25) is 0 Å². The van der Waals surface area contributed by atoms with E-state index in [2.05, 4.69) is 34.4 Å². The molecule has 0 aliphatic heterocycles. The Morgan fingerprint density at radius 3 is 2.75 bits per heavy atom. The van der Waals surface area contributed by atoms with Crippen molar-refractivity contribution in [1.82, 2.24) is 9.97 Å². The minimum absolute atomic E-state index is 0.466. The van der Waals surface area contributed by atoms with Crippen LogP contribution in [0.4, 0.5) is 11.6 Å². The maximum absolute atomic E-state index is 5.41. The van der Waals surface area contributed by atoms with Crippen LogP contribution in [0.15, 0.2) is 6.07 Å². The first-order valence-corrected chi connectivity index (χ1v) is 7.72. The molecule has 5 nitrogen and oxygen atoms in total. The van der Waals surface area contributed by atoms with Crippen LogP contribution in [0.1, 0.15) is 45.9 Å². The molecule has 0 saturated heterocycles. The van der Waals surface area contributed by atoms with Gasteiger partial charge in [0.05, 0.1) is 0 Å². The lowest BCUT2D eigenvalue weighted by Gasteiger charge is -2.10. The van der Waals surface area contributed by atoms with Gasteiger partial charge >= 0.3 is 0 Å². The van der Waals surface area contributed by atoms with Crippen molar-refractivity contribution >= 4 is 11.6 Å². The SMILES string of the molecule is CCCC1CC1Nc1cc(NCC)nc(COCC)n1. The summed E-state index contributed by atoms with van der Waals surface area (Å²) in [5, 5.41) is 6.77. The van der Waals surface area contributed by atoms with Crippen LogP contribution in [-0.4, -0.2) is 29.2 Å². The van der Waals surface area contributed by atoms with E-state index in [1.165, 1.54) is 19.3 Å². The van der Waals surface area contributed by atoms with Gasteiger partial charge in [-0.1, -0.05) is 13.3 Å². The van der Waals surface area contributed by atoms with Crippen molar-refractivity contribution in [1.29, 1.82) is 0 Å². The van der Waals surface area contributed by atoms with E-state index in [4.69, 9.17) is 4.74 Å². The molecule has 0 bridgehead atoms. The van der Waals surface area contributed by atoms with E-state index in [9.17, 15) is 0 Å². The highest BCUT2D eigenvalue weighted by Crippen LogP contribution is 2.37. The Bertz CT molecular complexity index is 424. The first-order valence-electron chi connectivity index (χ1n) is 7.72. The van der Waals surface area contributed by atoms with Crippen molar-refractivity contribution in [3.8, 4) is 0 Å². The summed E-state index contributed by atoms with van der Waals surface area (Å²) >= 11 is 0. The minimum atomic E-state index is 0.466. The van der Waals surface area contributed by atoms with Gasteiger partial charge in [0.1, 0.15) is 18.2 Å². The molecule has 1 aliphatic rings. The van der Waals surface area contributed by atoms with Crippen LogP contribution >= 0.6 is 0 Å². The van der Waals surface area contributed by atoms with Gasteiger partial charge in [0, 0.05) is 25.3 Å². The van der Waals surface area contributed by atoms with Crippen LogP contribution in [0, 0.1) is 5.92 Å². The minimum Gasteiger partial charge on any atom is -0.374 e. The third-order valence-corrected chi connectivity index (χ3v) is 3.48. The maximum atomic E-state index is 5.41. The quantitative estimate of drug-likeness (QED) is 0.727. The molecule has 1 heterocycles. The first kappa shape index (κ1) is 15.0. The second-order valence-electron chi connectivity index (χ2n) is 5.26. The predicted octanol–water partition coefficient (Wildman–Crippen LogP) is 3.05. The molecule has 5 heteroatoms. The lowest BCUT2D eigenvalue weighted by Crippen LogP contribution is -2.11. The number of hydrogen-bond donors (Lipinski definition) is 2. The largest absolute Gasteiger partial charge is 0.374 e. The molecule has 20 heavy (non-hydrogen) atoms. The lowest BCUT2D eigenvalue weighted by atomic mass is 10.2. The molecule has 0 radical (unpaired) electrons. The molecule has 2 rings (SSSR count). The second kappa shape index (κ2) is 7.43. The van der Waals surface area contributed by atoms with Crippen molar-refractivity contribution in [2.24, 2.45) is 5.92 Å². The van der Waals surface area contributed by atoms with Gasteiger partial charge in [-0.15, -0.1) is 0 Å². The van der Waals surface area contributed by atoms with Crippen molar-refractivity contribution in [3.63, 3.8) is 0 Å². The van der Waals surface area contributed by atoms with Gasteiger partial charge in [-0.3, -0.25) is 0 Å². The molecule has 0 aromatic carbocycles. The summed E-state index contributed by atoms with van der Waals surface area (Å²) in [6.07, 6.45) is 3.81. The van der Waals surface area contributed by atoms with Gasteiger partial charge in [0.25, 0.3) is 0 Å². The molecule has 0 amide bonds. The van der Waals surface area contributed by atoms with Crippen LogP contribution < -0.4 is 10.6 Å². The van der Waals surface area contributed by atoms with E-state index in [1.807, 2.05) is 13.0 Å². The summed E-state index contributed by atoms with van der Waals surface area (Å²) in [4.78, 5) is 9.00. The molecule has 1 aromatic heterocycles. The third-order valence-electron chi connectivity index (χ3n) is 3.48. The zero-order valence-corrected chi connectivity index (χ0v) is 12.8. The Balaban J connectivity index is 2.00. The summed E-state index contributed by atoms with van der Waals surface area (Å²) in [7, 11) is 0. The number of ether oxygens (including phenoxy) is 1. The number of hydrogen-bond acceptors (Lipinski definition) is 5. The first-order chi connectivity index (χ1) is 9.76. The second-order valence-corrected chi connectivity index (χ2v) is 5.26. The van der Waals surface area contributed by atoms with Gasteiger partial charge in [0.2, 0.25) is 0 Å². The van der Waals surface area contributed by atoms with Crippen molar-refractivity contribution in [2.45, 2.75) is 52.7 Å². The maximum Gasteiger partial charge on any atom is 0.158 e. The van der Waals surface area contributed by atoms with Crippen molar-refractivity contribution in [2.75, 3.05) is 23.8 Å². The van der Waals surface area contributed by atoms with E-state index in [0.717, 1.165) is 29.9 Å². The monoisotopic (exact) mass is 278 g/mol. The highest BCUT2D eigenvalue weighted by molar-refractivity contribution is 5.48. The predicted molar refractivity (Wildman–Crippen MR) is 82.0 cm³/mol. The fraction of sp³-hybridized carbons (Fsp3) is 0.733. The van der Waals surface area contributed by atoms with Crippen LogP contribution in [0.5, 0.6) is 0 Å². The van der Waals surface area contributed by atoms with E-state index < -0.39 is 0 Å². The molecule has 1 fully saturated rings. The number of rotatable bonds is 9. The fourth-order valence-electron chi connectivity index (χ4n) is 2.40. The summed E-state index contributed by atoms with van der Waals surface area (Å²) in [6.45, 7) is 8.28. The molecular weight excluding hydrogens is 252 g/mol.